The Kier molecular flexibility index (Phi) is 2.97. The van der Waals surface area contributed by atoms with Crippen molar-refractivity contribution >= 4 is 5.65 Å². The predicted molar refractivity (Wildman–Crippen MR) is 78.5 cm³/mol. The Hall–Kier alpha value is -2.28. The summed E-state index contributed by atoms with van der Waals surface area (Å²) < 4.78 is 12.7. The summed E-state index contributed by atoms with van der Waals surface area (Å²) in [6.07, 6.45) is 2.89. The number of ether oxygens (including phenoxy) is 1. The third-order valence-corrected chi connectivity index (χ3v) is 3.89. The molecule has 1 aliphatic carbocycles. The van der Waals surface area contributed by atoms with E-state index in [0.29, 0.717) is 18.3 Å². The minimum absolute atomic E-state index is 0.213. The van der Waals surface area contributed by atoms with Gasteiger partial charge in [0.2, 0.25) is 11.7 Å². The zero-order valence-electron chi connectivity index (χ0n) is 12.8. The van der Waals surface area contributed by atoms with E-state index in [1.807, 2.05) is 26.8 Å². The zero-order valence-corrected chi connectivity index (χ0v) is 12.8. The number of hydrogen-bond acceptors (Lipinski definition) is 6. The van der Waals surface area contributed by atoms with E-state index >= 15 is 0 Å². The monoisotopic (exact) mass is 299 g/mol. The summed E-state index contributed by atoms with van der Waals surface area (Å²) in [5.41, 5.74) is 3.50. The number of rotatable bonds is 4. The Labute approximate surface area is 127 Å². The first-order valence-corrected chi connectivity index (χ1v) is 7.45. The van der Waals surface area contributed by atoms with Gasteiger partial charge in [-0.3, -0.25) is 0 Å². The van der Waals surface area contributed by atoms with Crippen molar-refractivity contribution in [1.29, 1.82) is 0 Å². The Morgan fingerprint density at radius 2 is 2.23 bits per heavy atom. The first-order valence-electron chi connectivity index (χ1n) is 7.45. The van der Waals surface area contributed by atoms with Crippen molar-refractivity contribution in [2.24, 2.45) is 0 Å². The summed E-state index contributed by atoms with van der Waals surface area (Å²) in [5, 5.41) is 8.45. The highest BCUT2D eigenvalue weighted by molar-refractivity contribution is 5.72. The van der Waals surface area contributed by atoms with E-state index in [2.05, 4.69) is 20.2 Å². The molecule has 2 atom stereocenters. The molecule has 3 aromatic rings. The lowest BCUT2D eigenvalue weighted by Crippen LogP contribution is -1.97. The van der Waals surface area contributed by atoms with E-state index in [-0.39, 0.29) is 12.0 Å². The van der Waals surface area contributed by atoms with Gasteiger partial charge < -0.3 is 9.26 Å². The third-order valence-electron chi connectivity index (χ3n) is 3.89. The Morgan fingerprint density at radius 3 is 3.05 bits per heavy atom. The van der Waals surface area contributed by atoms with Crippen molar-refractivity contribution in [1.82, 2.24) is 24.7 Å². The van der Waals surface area contributed by atoms with Crippen LogP contribution in [-0.2, 0) is 4.74 Å². The third kappa shape index (κ3) is 2.09. The van der Waals surface area contributed by atoms with Crippen LogP contribution in [-0.4, -0.2) is 37.4 Å². The normalized spacial score (nSPS) is 20.7. The van der Waals surface area contributed by atoms with E-state index in [9.17, 15) is 0 Å². The van der Waals surface area contributed by atoms with Gasteiger partial charge in [-0.2, -0.15) is 10.1 Å². The van der Waals surface area contributed by atoms with Crippen LogP contribution in [0.2, 0.25) is 0 Å². The highest BCUT2D eigenvalue weighted by Gasteiger charge is 2.43. The van der Waals surface area contributed by atoms with E-state index in [1.54, 1.807) is 10.7 Å². The molecule has 0 saturated heterocycles. The molecule has 3 aromatic heterocycles. The molecule has 7 nitrogen and oxygen atoms in total. The molecule has 0 aromatic carbocycles. The van der Waals surface area contributed by atoms with E-state index in [4.69, 9.17) is 9.26 Å². The topological polar surface area (TPSA) is 78.3 Å². The van der Waals surface area contributed by atoms with Crippen LogP contribution in [0.15, 0.2) is 16.8 Å². The van der Waals surface area contributed by atoms with E-state index < -0.39 is 0 Å². The number of hydrogen-bond donors (Lipinski definition) is 0. The SMILES string of the molecule is CCO[C@@H]1C[C@@H]1c1nc(-c2cnn3c(C)cc(C)nc23)no1. The summed E-state index contributed by atoms with van der Waals surface area (Å²) in [6.45, 7) is 6.65. The molecule has 7 heteroatoms. The smallest absolute Gasteiger partial charge is 0.232 e. The van der Waals surface area contributed by atoms with Gasteiger partial charge in [-0.05, 0) is 33.3 Å². The highest BCUT2D eigenvalue weighted by atomic mass is 16.5. The maximum atomic E-state index is 5.56. The molecule has 0 N–H and O–H groups in total. The minimum Gasteiger partial charge on any atom is -0.378 e. The lowest BCUT2D eigenvalue weighted by Gasteiger charge is -2.00. The highest BCUT2D eigenvalue weighted by Crippen LogP contribution is 2.43. The molecule has 22 heavy (non-hydrogen) atoms. The number of aryl methyl sites for hydroxylation is 2. The fourth-order valence-electron chi connectivity index (χ4n) is 2.75. The summed E-state index contributed by atoms with van der Waals surface area (Å²) in [7, 11) is 0. The molecule has 1 aliphatic rings. The minimum atomic E-state index is 0.213. The van der Waals surface area contributed by atoms with Crippen LogP contribution in [0, 0.1) is 13.8 Å². The molecular weight excluding hydrogens is 282 g/mol. The van der Waals surface area contributed by atoms with E-state index in [0.717, 1.165) is 29.0 Å². The van der Waals surface area contributed by atoms with Crippen LogP contribution in [0.4, 0.5) is 0 Å². The van der Waals surface area contributed by atoms with Crippen LogP contribution in [0.1, 0.15) is 36.5 Å². The molecule has 3 heterocycles. The van der Waals surface area contributed by atoms with Gasteiger partial charge in [-0.1, -0.05) is 5.16 Å². The molecular formula is C15H17N5O2. The Bertz CT molecular complexity index is 838. The average Bonchev–Trinajstić information content (AvgIpc) is 2.91. The zero-order chi connectivity index (χ0) is 15.3. The predicted octanol–water partition coefficient (Wildman–Crippen LogP) is 2.29. The second kappa shape index (κ2) is 4.88. The molecule has 0 spiro atoms. The summed E-state index contributed by atoms with van der Waals surface area (Å²) >= 11 is 0. The van der Waals surface area contributed by atoms with Crippen LogP contribution < -0.4 is 0 Å². The molecule has 0 radical (unpaired) electrons. The van der Waals surface area contributed by atoms with Gasteiger partial charge in [0.15, 0.2) is 5.65 Å². The lowest BCUT2D eigenvalue weighted by atomic mass is 10.3. The molecule has 1 fully saturated rings. The maximum Gasteiger partial charge on any atom is 0.232 e. The maximum absolute atomic E-state index is 5.56. The van der Waals surface area contributed by atoms with Gasteiger partial charge in [0.05, 0.1) is 23.8 Å². The standard InChI is InChI=1S/C15H17N5O2/c1-4-21-12-6-10(12)15-18-13(19-22-15)11-7-16-20-9(3)5-8(2)17-14(11)20/h5,7,10,12H,4,6H2,1-3H3/t10-,12+/m0/s1. The van der Waals surface area contributed by atoms with Crippen LogP contribution >= 0.6 is 0 Å². The van der Waals surface area contributed by atoms with Crippen LogP contribution in [0.3, 0.4) is 0 Å². The molecule has 0 unspecified atom stereocenters. The molecule has 4 rings (SSSR count). The first kappa shape index (κ1) is 13.4. The molecule has 114 valence electrons. The van der Waals surface area contributed by atoms with Gasteiger partial charge in [-0.25, -0.2) is 9.50 Å². The van der Waals surface area contributed by atoms with Gasteiger partial charge in [0.25, 0.3) is 0 Å². The van der Waals surface area contributed by atoms with Gasteiger partial charge in [-0.15, -0.1) is 0 Å². The first-order chi connectivity index (χ1) is 10.7. The number of nitrogens with zero attached hydrogens (tertiary/aromatic N) is 5. The summed E-state index contributed by atoms with van der Waals surface area (Å²) in [4.78, 5) is 9.05. The summed E-state index contributed by atoms with van der Waals surface area (Å²) in [6, 6.07) is 1.99. The second-order valence-corrected chi connectivity index (χ2v) is 5.62. The largest absolute Gasteiger partial charge is 0.378 e. The quantitative estimate of drug-likeness (QED) is 0.735. The summed E-state index contributed by atoms with van der Waals surface area (Å²) in [5.74, 6) is 1.39. The lowest BCUT2D eigenvalue weighted by molar-refractivity contribution is 0.125. The second-order valence-electron chi connectivity index (χ2n) is 5.62. The van der Waals surface area contributed by atoms with Crippen molar-refractivity contribution in [2.75, 3.05) is 6.61 Å². The van der Waals surface area contributed by atoms with Crippen molar-refractivity contribution in [3.05, 3.63) is 29.5 Å². The molecule has 0 amide bonds. The van der Waals surface area contributed by atoms with Crippen molar-refractivity contribution in [3.63, 3.8) is 0 Å². The average molecular weight is 299 g/mol. The van der Waals surface area contributed by atoms with E-state index in [1.165, 1.54) is 0 Å². The van der Waals surface area contributed by atoms with Gasteiger partial charge in [0, 0.05) is 18.0 Å². The fraction of sp³-hybridized carbons (Fsp3) is 0.467. The van der Waals surface area contributed by atoms with Gasteiger partial charge in [0.1, 0.15) is 0 Å². The Morgan fingerprint density at radius 1 is 1.36 bits per heavy atom. The van der Waals surface area contributed by atoms with Crippen molar-refractivity contribution < 1.29 is 9.26 Å². The number of fused-ring (bicyclic) bond motifs is 1. The van der Waals surface area contributed by atoms with Crippen molar-refractivity contribution in [2.45, 2.75) is 39.2 Å². The number of aromatic nitrogens is 5. The van der Waals surface area contributed by atoms with Crippen LogP contribution in [0.5, 0.6) is 0 Å². The fourth-order valence-corrected chi connectivity index (χ4v) is 2.75. The van der Waals surface area contributed by atoms with Crippen LogP contribution in [0.25, 0.3) is 17.0 Å². The van der Waals surface area contributed by atoms with Crippen molar-refractivity contribution in [3.8, 4) is 11.4 Å². The van der Waals surface area contributed by atoms with Gasteiger partial charge >= 0.3 is 0 Å². The molecule has 0 bridgehead atoms. The Balaban J connectivity index is 1.70. The molecule has 1 saturated carbocycles. The molecule has 0 aliphatic heterocycles.